The largest absolute Gasteiger partial charge is 0.466 e. The first-order chi connectivity index (χ1) is 12.8. The molecule has 0 aromatic heterocycles. The first-order valence-electron chi connectivity index (χ1n) is 10.9. The van der Waals surface area contributed by atoms with Crippen molar-refractivity contribution >= 4 is 11.9 Å². The molecule has 5 heteroatoms. The van der Waals surface area contributed by atoms with Crippen LogP contribution in [0.25, 0.3) is 0 Å². The lowest BCUT2D eigenvalue weighted by molar-refractivity contribution is -0.870. The van der Waals surface area contributed by atoms with E-state index in [2.05, 4.69) is 35.0 Å². The summed E-state index contributed by atoms with van der Waals surface area (Å²) in [7, 11) is 6.39. The number of quaternary nitrogens is 1. The summed E-state index contributed by atoms with van der Waals surface area (Å²) >= 11 is 0. The van der Waals surface area contributed by atoms with Crippen LogP contribution in [0.4, 0.5) is 0 Å². The van der Waals surface area contributed by atoms with Crippen LogP contribution in [-0.2, 0) is 19.1 Å². The summed E-state index contributed by atoms with van der Waals surface area (Å²) in [5.41, 5.74) is 0. The van der Waals surface area contributed by atoms with E-state index in [9.17, 15) is 9.59 Å². The maximum absolute atomic E-state index is 12.4. The average molecular weight is 387 g/mol. The smallest absolute Gasteiger partial charge is 0.309 e. The third kappa shape index (κ3) is 16.8. The first kappa shape index (κ1) is 25.9. The van der Waals surface area contributed by atoms with E-state index in [1.54, 1.807) is 0 Å². The predicted octanol–water partition coefficient (Wildman–Crippen LogP) is 4.73. The second-order valence-electron chi connectivity index (χ2n) is 8.57. The molecule has 0 rings (SSSR count). The molecule has 27 heavy (non-hydrogen) atoms. The number of hydrogen-bond acceptors (Lipinski definition) is 4. The molecule has 1 atom stereocenters. The van der Waals surface area contributed by atoms with Crippen LogP contribution >= 0.6 is 0 Å². The van der Waals surface area contributed by atoms with Crippen molar-refractivity contribution in [2.45, 2.75) is 84.5 Å². The number of ether oxygens (including phenoxy) is 2. The van der Waals surface area contributed by atoms with Gasteiger partial charge in [-0.05, 0) is 25.7 Å². The number of unbranched alkanes of at least 4 members (excludes halogenated alkanes) is 6. The fourth-order valence-electron chi connectivity index (χ4n) is 2.91. The van der Waals surface area contributed by atoms with Crippen molar-refractivity contribution in [3.05, 3.63) is 0 Å². The summed E-state index contributed by atoms with van der Waals surface area (Å²) in [4.78, 5) is 24.6. The summed E-state index contributed by atoms with van der Waals surface area (Å²) in [6.45, 7) is 6.18. The van der Waals surface area contributed by atoms with Gasteiger partial charge in [0, 0.05) is 0 Å². The molecule has 0 saturated carbocycles. The van der Waals surface area contributed by atoms with Crippen LogP contribution < -0.4 is 0 Å². The summed E-state index contributed by atoms with van der Waals surface area (Å²) < 4.78 is 11.6. The third-order valence-electron chi connectivity index (χ3n) is 4.63. The van der Waals surface area contributed by atoms with Crippen LogP contribution in [0.3, 0.4) is 0 Å². The first-order valence-corrected chi connectivity index (χ1v) is 10.9. The Kier molecular flexibility index (Phi) is 15.3. The van der Waals surface area contributed by atoms with E-state index in [1.807, 2.05) is 0 Å². The molecular formula is C22H44NO4+. The Morgan fingerprint density at radius 1 is 0.778 bits per heavy atom. The van der Waals surface area contributed by atoms with Gasteiger partial charge in [0.25, 0.3) is 0 Å². The number of hydrogen-bond donors (Lipinski definition) is 0. The van der Waals surface area contributed by atoms with Crippen LogP contribution in [0.5, 0.6) is 0 Å². The fraction of sp³-hybridized carbons (Fsp3) is 0.909. The Balaban J connectivity index is 4.36. The molecule has 0 aromatic carbocycles. The van der Waals surface area contributed by atoms with Gasteiger partial charge in [0.2, 0.25) is 0 Å². The molecule has 0 aliphatic heterocycles. The highest BCUT2D eigenvalue weighted by Crippen LogP contribution is 2.16. The zero-order valence-electron chi connectivity index (χ0n) is 18.6. The molecule has 0 bridgehead atoms. The molecule has 0 spiro atoms. The SMILES string of the molecule is CCCCCCOC(=O)CC(CCC[N+](C)(C)C)C(=O)OCCCCCC. The van der Waals surface area contributed by atoms with Crippen molar-refractivity contribution in [1.29, 1.82) is 0 Å². The normalized spacial score (nSPS) is 12.6. The summed E-state index contributed by atoms with van der Waals surface area (Å²) in [5, 5.41) is 0. The lowest BCUT2D eigenvalue weighted by atomic mass is 9.99. The van der Waals surface area contributed by atoms with E-state index in [0.29, 0.717) is 19.6 Å². The van der Waals surface area contributed by atoms with Crippen LogP contribution in [0, 0.1) is 5.92 Å². The Labute approximate surface area is 167 Å². The second-order valence-corrected chi connectivity index (χ2v) is 8.57. The van der Waals surface area contributed by atoms with Crippen molar-refractivity contribution in [3.8, 4) is 0 Å². The zero-order valence-corrected chi connectivity index (χ0v) is 18.6. The lowest BCUT2D eigenvalue weighted by Gasteiger charge is -2.24. The number of carbonyl (C=O) groups is 2. The molecule has 0 N–H and O–H groups in total. The molecule has 5 nitrogen and oxygen atoms in total. The van der Waals surface area contributed by atoms with Crippen LogP contribution in [0.2, 0.25) is 0 Å². The topological polar surface area (TPSA) is 52.6 Å². The Hall–Kier alpha value is -1.10. The highest BCUT2D eigenvalue weighted by Gasteiger charge is 2.25. The minimum atomic E-state index is -0.383. The lowest BCUT2D eigenvalue weighted by Crippen LogP contribution is -2.36. The molecule has 1 unspecified atom stereocenters. The molecule has 0 aromatic rings. The van der Waals surface area contributed by atoms with Gasteiger partial charge in [-0.3, -0.25) is 9.59 Å². The third-order valence-corrected chi connectivity index (χ3v) is 4.63. The highest BCUT2D eigenvalue weighted by atomic mass is 16.5. The van der Waals surface area contributed by atoms with Gasteiger partial charge in [0.05, 0.1) is 53.2 Å². The van der Waals surface area contributed by atoms with Crippen molar-refractivity contribution in [2.75, 3.05) is 40.9 Å². The summed E-state index contributed by atoms with van der Waals surface area (Å²) in [6.07, 6.45) is 10.3. The molecule has 0 aliphatic carbocycles. The van der Waals surface area contributed by atoms with E-state index in [4.69, 9.17) is 9.47 Å². The highest BCUT2D eigenvalue weighted by molar-refractivity contribution is 5.79. The van der Waals surface area contributed by atoms with Crippen LogP contribution in [-0.4, -0.2) is 57.3 Å². The molecule has 0 radical (unpaired) electrons. The number of esters is 2. The molecule has 160 valence electrons. The van der Waals surface area contributed by atoms with Gasteiger partial charge in [-0.15, -0.1) is 0 Å². The molecule has 0 aliphatic rings. The Morgan fingerprint density at radius 3 is 1.85 bits per heavy atom. The van der Waals surface area contributed by atoms with Gasteiger partial charge < -0.3 is 14.0 Å². The number of nitrogens with zero attached hydrogens (tertiary/aromatic N) is 1. The monoisotopic (exact) mass is 386 g/mol. The Bertz CT molecular complexity index is 390. The second kappa shape index (κ2) is 15.9. The quantitative estimate of drug-likeness (QED) is 0.206. The van der Waals surface area contributed by atoms with Crippen molar-refractivity contribution < 1.29 is 23.5 Å². The van der Waals surface area contributed by atoms with Gasteiger partial charge in [0.15, 0.2) is 0 Å². The van der Waals surface area contributed by atoms with E-state index in [-0.39, 0.29) is 24.3 Å². The predicted molar refractivity (Wildman–Crippen MR) is 110 cm³/mol. The Morgan fingerprint density at radius 2 is 1.33 bits per heavy atom. The number of rotatable bonds is 17. The average Bonchev–Trinajstić information content (AvgIpc) is 2.59. The van der Waals surface area contributed by atoms with Crippen LogP contribution in [0.1, 0.15) is 84.5 Å². The van der Waals surface area contributed by atoms with Gasteiger partial charge in [0.1, 0.15) is 0 Å². The zero-order chi connectivity index (χ0) is 20.5. The fourth-order valence-corrected chi connectivity index (χ4v) is 2.91. The van der Waals surface area contributed by atoms with Crippen molar-refractivity contribution in [2.24, 2.45) is 5.92 Å². The molecule has 0 heterocycles. The summed E-state index contributed by atoms with van der Waals surface area (Å²) in [5.74, 6) is -0.897. The van der Waals surface area contributed by atoms with Crippen molar-refractivity contribution in [3.63, 3.8) is 0 Å². The minimum absolute atomic E-state index is 0.138. The standard InChI is InChI=1S/C22H44NO4/c1-6-8-10-12-17-26-21(24)19-20(15-14-16-23(3,4)5)22(25)27-18-13-11-9-7-2/h20H,6-19H2,1-5H3/q+1. The maximum atomic E-state index is 12.4. The van der Waals surface area contributed by atoms with E-state index < -0.39 is 0 Å². The van der Waals surface area contributed by atoms with E-state index in [1.165, 1.54) is 0 Å². The molecule has 0 saturated heterocycles. The molecule has 0 fully saturated rings. The minimum Gasteiger partial charge on any atom is -0.466 e. The molecule has 0 amide bonds. The molecular weight excluding hydrogens is 342 g/mol. The van der Waals surface area contributed by atoms with Gasteiger partial charge >= 0.3 is 11.9 Å². The van der Waals surface area contributed by atoms with E-state index >= 15 is 0 Å². The van der Waals surface area contributed by atoms with Crippen LogP contribution in [0.15, 0.2) is 0 Å². The number of carbonyl (C=O) groups excluding carboxylic acids is 2. The van der Waals surface area contributed by atoms with Crippen molar-refractivity contribution in [1.82, 2.24) is 0 Å². The van der Waals surface area contributed by atoms with E-state index in [0.717, 1.165) is 68.8 Å². The summed E-state index contributed by atoms with van der Waals surface area (Å²) in [6, 6.07) is 0. The van der Waals surface area contributed by atoms with Gasteiger partial charge in [-0.2, -0.15) is 0 Å². The van der Waals surface area contributed by atoms with Gasteiger partial charge in [-0.25, -0.2) is 0 Å². The van der Waals surface area contributed by atoms with Gasteiger partial charge in [-0.1, -0.05) is 52.4 Å². The maximum Gasteiger partial charge on any atom is 0.309 e.